The maximum Gasteiger partial charge on any atom is 0.225 e. The van der Waals surface area contributed by atoms with Gasteiger partial charge in [0, 0.05) is 5.02 Å². The number of halogens is 2. The van der Waals surface area contributed by atoms with Crippen LogP contribution in [0.5, 0.6) is 5.75 Å². The molecule has 2 aromatic rings. The summed E-state index contributed by atoms with van der Waals surface area (Å²) in [6.45, 7) is 0. The smallest absolute Gasteiger partial charge is 0.225 e. The van der Waals surface area contributed by atoms with Crippen LogP contribution < -0.4 is 16.2 Å². The SMILES string of the molecule is COc1c(Cl)cc(Cl)cc1-c1nc(N)nc(N)n1. The Morgan fingerprint density at radius 3 is 2.22 bits per heavy atom. The van der Waals surface area contributed by atoms with Gasteiger partial charge >= 0.3 is 0 Å². The van der Waals surface area contributed by atoms with Crippen LogP contribution in [0.1, 0.15) is 0 Å². The number of benzene rings is 1. The molecule has 0 bridgehead atoms. The molecule has 18 heavy (non-hydrogen) atoms. The zero-order valence-corrected chi connectivity index (χ0v) is 10.8. The third-order valence-electron chi connectivity index (χ3n) is 2.12. The second kappa shape index (κ2) is 4.83. The van der Waals surface area contributed by atoms with Gasteiger partial charge in [0.05, 0.1) is 17.7 Å². The Kier molecular flexibility index (Phi) is 3.40. The summed E-state index contributed by atoms with van der Waals surface area (Å²) in [7, 11) is 1.48. The Morgan fingerprint density at radius 2 is 1.67 bits per heavy atom. The first-order valence-electron chi connectivity index (χ1n) is 4.81. The molecule has 0 unspecified atom stereocenters. The van der Waals surface area contributed by atoms with E-state index in [0.29, 0.717) is 21.4 Å². The topological polar surface area (TPSA) is 99.9 Å². The molecule has 0 atom stereocenters. The molecule has 8 heteroatoms. The number of anilines is 2. The fourth-order valence-electron chi connectivity index (χ4n) is 1.46. The highest BCUT2D eigenvalue weighted by Crippen LogP contribution is 2.37. The van der Waals surface area contributed by atoms with E-state index in [4.69, 9.17) is 39.4 Å². The van der Waals surface area contributed by atoms with Gasteiger partial charge in [-0.2, -0.15) is 15.0 Å². The summed E-state index contributed by atoms with van der Waals surface area (Å²) in [6, 6.07) is 3.17. The van der Waals surface area contributed by atoms with E-state index in [2.05, 4.69) is 15.0 Å². The first-order chi connectivity index (χ1) is 8.51. The molecule has 0 saturated carbocycles. The molecule has 1 aromatic heterocycles. The second-order valence-corrected chi connectivity index (χ2v) is 4.19. The van der Waals surface area contributed by atoms with E-state index < -0.39 is 0 Å². The molecule has 0 aliphatic heterocycles. The summed E-state index contributed by atoms with van der Waals surface area (Å²) in [5.74, 6) is 0.665. The zero-order valence-electron chi connectivity index (χ0n) is 9.32. The molecule has 1 heterocycles. The summed E-state index contributed by atoms with van der Waals surface area (Å²) in [4.78, 5) is 11.6. The molecule has 94 valence electrons. The minimum absolute atomic E-state index is 0.00986. The Balaban J connectivity index is 2.69. The van der Waals surface area contributed by atoms with E-state index in [-0.39, 0.29) is 17.7 Å². The molecule has 0 aliphatic rings. The van der Waals surface area contributed by atoms with E-state index >= 15 is 0 Å². The van der Waals surface area contributed by atoms with E-state index in [1.165, 1.54) is 7.11 Å². The number of rotatable bonds is 2. The lowest BCUT2D eigenvalue weighted by Crippen LogP contribution is -2.05. The van der Waals surface area contributed by atoms with Crippen molar-refractivity contribution in [2.75, 3.05) is 18.6 Å². The van der Waals surface area contributed by atoms with Gasteiger partial charge < -0.3 is 16.2 Å². The van der Waals surface area contributed by atoms with E-state index in [1.807, 2.05) is 0 Å². The number of methoxy groups -OCH3 is 1. The average Bonchev–Trinajstić information content (AvgIpc) is 2.26. The van der Waals surface area contributed by atoms with E-state index in [1.54, 1.807) is 12.1 Å². The molecular weight excluding hydrogens is 277 g/mol. The van der Waals surface area contributed by atoms with Crippen LogP contribution in [0.15, 0.2) is 12.1 Å². The maximum atomic E-state index is 6.02. The maximum absolute atomic E-state index is 6.02. The summed E-state index contributed by atoms with van der Waals surface area (Å²) < 4.78 is 5.19. The molecule has 0 spiro atoms. The summed E-state index contributed by atoms with van der Waals surface area (Å²) in [5.41, 5.74) is 11.5. The lowest BCUT2D eigenvalue weighted by atomic mass is 10.2. The zero-order chi connectivity index (χ0) is 13.3. The first-order valence-corrected chi connectivity index (χ1v) is 5.57. The van der Waals surface area contributed by atoms with Crippen molar-refractivity contribution in [1.29, 1.82) is 0 Å². The highest BCUT2D eigenvalue weighted by molar-refractivity contribution is 6.36. The Labute approximate surface area is 113 Å². The normalized spacial score (nSPS) is 10.4. The molecular formula is C10H9Cl2N5O. The van der Waals surface area contributed by atoms with Crippen LogP contribution in [0.4, 0.5) is 11.9 Å². The third-order valence-corrected chi connectivity index (χ3v) is 2.62. The number of aromatic nitrogens is 3. The van der Waals surface area contributed by atoms with Crippen LogP contribution in [0.25, 0.3) is 11.4 Å². The van der Waals surface area contributed by atoms with Crippen molar-refractivity contribution in [3.8, 4) is 17.1 Å². The van der Waals surface area contributed by atoms with Crippen LogP contribution in [0.3, 0.4) is 0 Å². The predicted octanol–water partition coefficient (Wildman–Crippen LogP) is 2.02. The second-order valence-electron chi connectivity index (χ2n) is 3.34. The van der Waals surface area contributed by atoms with Crippen molar-refractivity contribution < 1.29 is 4.74 Å². The highest BCUT2D eigenvalue weighted by Gasteiger charge is 2.15. The van der Waals surface area contributed by atoms with Gasteiger partial charge in [0.2, 0.25) is 11.9 Å². The van der Waals surface area contributed by atoms with Crippen LogP contribution in [0, 0.1) is 0 Å². The van der Waals surface area contributed by atoms with Gasteiger partial charge in [0.1, 0.15) is 5.75 Å². The van der Waals surface area contributed by atoms with Gasteiger partial charge in [-0.1, -0.05) is 23.2 Å². The number of hydrogen-bond donors (Lipinski definition) is 2. The summed E-state index contributed by atoms with van der Waals surface area (Å²) in [6.07, 6.45) is 0. The number of nitrogens with two attached hydrogens (primary N) is 2. The molecule has 4 N–H and O–H groups in total. The number of nitrogens with zero attached hydrogens (tertiary/aromatic N) is 3. The lowest BCUT2D eigenvalue weighted by molar-refractivity contribution is 0.416. The number of ether oxygens (including phenoxy) is 1. The van der Waals surface area contributed by atoms with Crippen LogP contribution in [-0.2, 0) is 0 Å². The van der Waals surface area contributed by atoms with Crippen LogP contribution in [-0.4, -0.2) is 22.1 Å². The quantitative estimate of drug-likeness (QED) is 0.876. The van der Waals surface area contributed by atoms with Crippen LogP contribution >= 0.6 is 23.2 Å². The monoisotopic (exact) mass is 285 g/mol. The fourth-order valence-corrected chi connectivity index (χ4v) is 2.03. The molecule has 0 fully saturated rings. The standard InChI is InChI=1S/C10H9Cl2N5O/c1-18-7-5(2-4(11)3-6(7)12)8-15-9(13)17-10(14)16-8/h2-3H,1H3,(H4,13,14,15,16,17). The predicted molar refractivity (Wildman–Crippen MR) is 70.7 cm³/mol. The molecule has 2 rings (SSSR count). The molecule has 0 aliphatic carbocycles. The van der Waals surface area contributed by atoms with Gasteiger partial charge in [-0.3, -0.25) is 0 Å². The largest absolute Gasteiger partial charge is 0.494 e. The van der Waals surface area contributed by atoms with Gasteiger partial charge in [0.15, 0.2) is 5.82 Å². The van der Waals surface area contributed by atoms with Gasteiger partial charge in [-0.15, -0.1) is 0 Å². The van der Waals surface area contributed by atoms with Crippen molar-refractivity contribution >= 4 is 35.1 Å². The Hall–Kier alpha value is -1.79. The molecule has 6 nitrogen and oxygen atoms in total. The number of hydrogen-bond acceptors (Lipinski definition) is 6. The average molecular weight is 286 g/mol. The summed E-state index contributed by atoms with van der Waals surface area (Å²) >= 11 is 12.0. The minimum atomic E-state index is 0.00986. The van der Waals surface area contributed by atoms with Crippen molar-refractivity contribution in [2.24, 2.45) is 0 Å². The van der Waals surface area contributed by atoms with Crippen molar-refractivity contribution in [3.05, 3.63) is 22.2 Å². The Morgan fingerprint density at radius 1 is 1.06 bits per heavy atom. The molecule has 0 radical (unpaired) electrons. The third kappa shape index (κ3) is 2.39. The summed E-state index contributed by atoms with van der Waals surface area (Å²) in [5, 5.41) is 0.769. The fraction of sp³-hybridized carbons (Fsp3) is 0.100. The van der Waals surface area contributed by atoms with Gasteiger partial charge in [-0.25, -0.2) is 0 Å². The Bertz CT molecular complexity index is 585. The molecule has 0 amide bonds. The minimum Gasteiger partial charge on any atom is -0.494 e. The van der Waals surface area contributed by atoms with Crippen molar-refractivity contribution in [1.82, 2.24) is 15.0 Å². The molecule has 1 aromatic carbocycles. The van der Waals surface area contributed by atoms with E-state index in [0.717, 1.165) is 0 Å². The van der Waals surface area contributed by atoms with Crippen LogP contribution in [0.2, 0.25) is 10.0 Å². The van der Waals surface area contributed by atoms with Gasteiger partial charge in [-0.05, 0) is 12.1 Å². The molecule has 0 saturated heterocycles. The highest BCUT2D eigenvalue weighted by atomic mass is 35.5. The number of nitrogen functional groups attached to an aromatic ring is 2. The lowest BCUT2D eigenvalue weighted by Gasteiger charge is -2.10. The first kappa shape index (κ1) is 12.7. The van der Waals surface area contributed by atoms with Crippen molar-refractivity contribution in [3.63, 3.8) is 0 Å². The van der Waals surface area contributed by atoms with Crippen molar-refractivity contribution in [2.45, 2.75) is 0 Å². The van der Waals surface area contributed by atoms with E-state index in [9.17, 15) is 0 Å². The van der Waals surface area contributed by atoms with Gasteiger partial charge in [0.25, 0.3) is 0 Å².